The van der Waals surface area contributed by atoms with Gasteiger partial charge >= 0.3 is 5.97 Å². The highest BCUT2D eigenvalue weighted by atomic mass is 35.5. The molecule has 0 saturated carbocycles. The van der Waals surface area contributed by atoms with Crippen molar-refractivity contribution >= 4 is 51.4 Å². The van der Waals surface area contributed by atoms with Crippen LogP contribution >= 0.6 is 34.5 Å². The van der Waals surface area contributed by atoms with Crippen molar-refractivity contribution in [1.82, 2.24) is 0 Å². The first kappa shape index (κ1) is 18.2. The Labute approximate surface area is 160 Å². The molecular formula is C18H17Cl2NO3S. The molecule has 1 amide bonds. The number of thiophene rings is 1. The van der Waals surface area contributed by atoms with Crippen molar-refractivity contribution in [2.75, 3.05) is 11.9 Å². The third-order valence-electron chi connectivity index (χ3n) is 4.06. The highest BCUT2D eigenvalue weighted by Gasteiger charge is 2.27. The number of hydrogen-bond donors (Lipinski definition) is 1. The standard InChI is InChI=1S/C18H17Cl2NO3S/c1-2-24-18(23)15-11-5-3-4-6-14(11)25-17(15)21-16(22)10-7-8-12(19)13(20)9-10/h7-9H,2-6H2,1H3,(H,21,22). The maximum absolute atomic E-state index is 12.6. The number of carbonyl (C=O) groups is 2. The number of hydrogen-bond acceptors (Lipinski definition) is 4. The first-order chi connectivity index (χ1) is 12.0. The number of nitrogens with one attached hydrogen (secondary N) is 1. The van der Waals surface area contributed by atoms with E-state index in [0.29, 0.717) is 32.8 Å². The fourth-order valence-corrected chi connectivity index (χ4v) is 4.46. The topological polar surface area (TPSA) is 55.4 Å². The summed E-state index contributed by atoms with van der Waals surface area (Å²) in [4.78, 5) is 26.1. The smallest absolute Gasteiger partial charge is 0.341 e. The minimum absolute atomic E-state index is 0.295. The number of aryl methyl sites for hydroxylation is 1. The van der Waals surface area contributed by atoms with E-state index in [9.17, 15) is 9.59 Å². The van der Waals surface area contributed by atoms with E-state index in [4.69, 9.17) is 27.9 Å². The maximum Gasteiger partial charge on any atom is 0.341 e. The summed E-state index contributed by atoms with van der Waals surface area (Å²) in [6.45, 7) is 2.06. The minimum Gasteiger partial charge on any atom is -0.462 e. The van der Waals surface area contributed by atoms with Gasteiger partial charge in [-0.15, -0.1) is 11.3 Å². The van der Waals surface area contributed by atoms with Crippen LogP contribution in [-0.4, -0.2) is 18.5 Å². The Kier molecular flexibility index (Phi) is 5.67. The molecule has 0 spiro atoms. The van der Waals surface area contributed by atoms with E-state index in [1.165, 1.54) is 17.4 Å². The summed E-state index contributed by atoms with van der Waals surface area (Å²) in [7, 11) is 0. The molecule has 3 rings (SSSR count). The maximum atomic E-state index is 12.6. The predicted molar refractivity (Wildman–Crippen MR) is 101 cm³/mol. The number of anilines is 1. The second-order valence-electron chi connectivity index (χ2n) is 5.72. The third-order valence-corrected chi connectivity index (χ3v) is 6.01. The molecule has 1 aliphatic rings. The van der Waals surface area contributed by atoms with Crippen molar-refractivity contribution in [3.8, 4) is 0 Å². The normalized spacial score (nSPS) is 13.2. The molecule has 0 fully saturated rings. The van der Waals surface area contributed by atoms with E-state index in [1.807, 2.05) is 0 Å². The molecule has 0 unspecified atom stereocenters. The quantitative estimate of drug-likeness (QED) is 0.706. The van der Waals surface area contributed by atoms with E-state index in [2.05, 4.69) is 5.32 Å². The summed E-state index contributed by atoms with van der Waals surface area (Å²) in [6, 6.07) is 4.68. The largest absolute Gasteiger partial charge is 0.462 e. The number of esters is 1. The summed E-state index contributed by atoms with van der Waals surface area (Å²) in [5, 5.41) is 4.09. The second kappa shape index (κ2) is 7.77. The molecule has 4 nitrogen and oxygen atoms in total. The number of fused-ring (bicyclic) bond motifs is 1. The Morgan fingerprint density at radius 3 is 2.68 bits per heavy atom. The van der Waals surface area contributed by atoms with Crippen molar-refractivity contribution in [2.24, 2.45) is 0 Å². The number of amides is 1. The molecule has 1 aliphatic carbocycles. The van der Waals surface area contributed by atoms with E-state index in [-0.39, 0.29) is 11.9 Å². The predicted octanol–water partition coefficient (Wildman–Crippen LogP) is 5.36. The van der Waals surface area contributed by atoms with Gasteiger partial charge in [-0.2, -0.15) is 0 Å². The minimum atomic E-state index is -0.383. The lowest BCUT2D eigenvalue weighted by Crippen LogP contribution is -2.15. The van der Waals surface area contributed by atoms with Gasteiger partial charge < -0.3 is 10.1 Å². The SMILES string of the molecule is CCOC(=O)c1c(NC(=O)c2ccc(Cl)c(Cl)c2)sc2c1CCCC2. The average molecular weight is 398 g/mol. The molecule has 1 heterocycles. The lowest BCUT2D eigenvalue weighted by molar-refractivity contribution is 0.0526. The molecule has 0 bridgehead atoms. The fraction of sp³-hybridized carbons (Fsp3) is 0.333. The van der Waals surface area contributed by atoms with Crippen LogP contribution in [-0.2, 0) is 17.6 Å². The van der Waals surface area contributed by atoms with E-state index in [0.717, 1.165) is 36.1 Å². The third kappa shape index (κ3) is 3.84. The lowest BCUT2D eigenvalue weighted by Gasteiger charge is -2.12. The summed E-state index contributed by atoms with van der Waals surface area (Å²) >= 11 is 13.3. The van der Waals surface area contributed by atoms with Crippen LogP contribution in [0.15, 0.2) is 18.2 Å². The molecule has 0 saturated heterocycles. The zero-order chi connectivity index (χ0) is 18.0. The van der Waals surface area contributed by atoms with Gasteiger partial charge in [0.25, 0.3) is 5.91 Å². The van der Waals surface area contributed by atoms with E-state index < -0.39 is 0 Å². The number of halogens is 2. The van der Waals surface area contributed by atoms with Crippen LogP contribution in [0.1, 0.15) is 50.9 Å². The monoisotopic (exact) mass is 397 g/mol. The number of ether oxygens (including phenoxy) is 1. The van der Waals surface area contributed by atoms with Gasteiger partial charge in [0, 0.05) is 10.4 Å². The van der Waals surface area contributed by atoms with Crippen LogP contribution in [0.5, 0.6) is 0 Å². The molecule has 1 aromatic carbocycles. The Hall–Kier alpha value is -1.56. The molecule has 2 aromatic rings. The second-order valence-corrected chi connectivity index (χ2v) is 7.64. The molecule has 1 aromatic heterocycles. The van der Waals surface area contributed by atoms with Crippen LogP contribution in [0.3, 0.4) is 0 Å². The number of rotatable bonds is 4. The van der Waals surface area contributed by atoms with Crippen LogP contribution in [0.4, 0.5) is 5.00 Å². The lowest BCUT2D eigenvalue weighted by atomic mass is 9.95. The highest BCUT2D eigenvalue weighted by Crippen LogP contribution is 2.39. The van der Waals surface area contributed by atoms with Crippen molar-refractivity contribution in [3.05, 3.63) is 49.8 Å². The van der Waals surface area contributed by atoms with E-state index in [1.54, 1.807) is 19.1 Å². The molecule has 1 N–H and O–H groups in total. The Morgan fingerprint density at radius 2 is 1.96 bits per heavy atom. The Balaban J connectivity index is 1.93. The van der Waals surface area contributed by atoms with Gasteiger partial charge in [0.1, 0.15) is 5.00 Å². The van der Waals surface area contributed by atoms with Crippen LogP contribution in [0, 0.1) is 0 Å². The summed E-state index contributed by atoms with van der Waals surface area (Å²) in [5.74, 6) is -0.714. The first-order valence-electron chi connectivity index (χ1n) is 8.09. The summed E-state index contributed by atoms with van der Waals surface area (Å²) < 4.78 is 5.19. The van der Waals surface area contributed by atoms with Gasteiger partial charge in [-0.1, -0.05) is 23.2 Å². The van der Waals surface area contributed by atoms with E-state index >= 15 is 0 Å². The van der Waals surface area contributed by atoms with Gasteiger partial charge in [-0.05, 0) is 56.4 Å². The van der Waals surface area contributed by atoms with Gasteiger partial charge in [0.2, 0.25) is 0 Å². The van der Waals surface area contributed by atoms with Crippen molar-refractivity contribution in [2.45, 2.75) is 32.6 Å². The molecule has 0 atom stereocenters. The van der Waals surface area contributed by atoms with Gasteiger partial charge in [-0.3, -0.25) is 4.79 Å². The van der Waals surface area contributed by atoms with Gasteiger partial charge in [0.15, 0.2) is 0 Å². The summed E-state index contributed by atoms with van der Waals surface area (Å²) in [5.41, 5.74) is 1.89. The number of benzene rings is 1. The van der Waals surface area contributed by atoms with Crippen LogP contribution < -0.4 is 5.32 Å². The molecule has 0 radical (unpaired) electrons. The first-order valence-corrected chi connectivity index (χ1v) is 9.66. The van der Waals surface area contributed by atoms with Crippen molar-refractivity contribution in [3.63, 3.8) is 0 Å². The van der Waals surface area contributed by atoms with Crippen molar-refractivity contribution < 1.29 is 14.3 Å². The molecular weight excluding hydrogens is 381 g/mol. The number of carbonyl (C=O) groups excluding carboxylic acids is 2. The Morgan fingerprint density at radius 1 is 1.20 bits per heavy atom. The Bertz CT molecular complexity index is 832. The zero-order valence-electron chi connectivity index (χ0n) is 13.7. The molecule has 132 valence electrons. The molecule has 25 heavy (non-hydrogen) atoms. The fourth-order valence-electron chi connectivity index (χ4n) is 2.89. The zero-order valence-corrected chi connectivity index (χ0v) is 16.0. The van der Waals surface area contributed by atoms with Gasteiger partial charge in [-0.25, -0.2) is 4.79 Å². The average Bonchev–Trinajstić information content (AvgIpc) is 2.95. The van der Waals surface area contributed by atoms with Crippen LogP contribution in [0.25, 0.3) is 0 Å². The van der Waals surface area contributed by atoms with Crippen LogP contribution in [0.2, 0.25) is 10.0 Å². The molecule has 7 heteroatoms. The highest BCUT2D eigenvalue weighted by molar-refractivity contribution is 7.17. The summed E-state index contributed by atoms with van der Waals surface area (Å²) in [6.07, 6.45) is 3.89. The molecule has 0 aliphatic heterocycles. The van der Waals surface area contributed by atoms with Gasteiger partial charge in [0.05, 0.1) is 22.2 Å². The van der Waals surface area contributed by atoms with Crippen molar-refractivity contribution in [1.29, 1.82) is 0 Å².